The Balaban J connectivity index is 1.98. The lowest BCUT2D eigenvalue weighted by atomic mass is 10.1. The van der Waals surface area contributed by atoms with Gasteiger partial charge in [-0.3, -0.25) is 4.68 Å². The maximum Gasteiger partial charge on any atom is 0.257 e. The van der Waals surface area contributed by atoms with Crippen LogP contribution in [0.4, 0.5) is 8.78 Å². The SMILES string of the molecule is N#Cc1cnn2cc(-c3cnn(CC(F)F)c3)ccc12. The molecule has 0 unspecified atom stereocenters. The molecule has 0 radical (unpaired) electrons. The van der Waals surface area contributed by atoms with Crippen LogP contribution < -0.4 is 0 Å². The molecule has 20 heavy (non-hydrogen) atoms. The van der Waals surface area contributed by atoms with Crippen molar-refractivity contribution in [2.75, 3.05) is 0 Å². The number of alkyl halides is 2. The summed E-state index contributed by atoms with van der Waals surface area (Å²) >= 11 is 0. The molecule has 0 atom stereocenters. The van der Waals surface area contributed by atoms with Crippen molar-refractivity contribution in [2.24, 2.45) is 0 Å². The standard InChI is InChI=1S/C13H9F2N5/c14-13(15)8-19-6-11(5-17-19)9-1-2-12-10(3-16)4-18-20(12)7-9/h1-2,4-7,13H,8H2. The molecule has 3 rings (SSSR count). The molecule has 0 saturated heterocycles. The van der Waals surface area contributed by atoms with Gasteiger partial charge in [0, 0.05) is 23.5 Å². The Morgan fingerprint density at radius 3 is 2.75 bits per heavy atom. The van der Waals surface area contributed by atoms with Crippen LogP contribution in [-0.4, -0.2) is 25.8 Å². The van der Waals surface area contributed by atoms with Crippen LogP contribution in [0.1, 0.15) is 5.56 Å². The minimum absolute atomic E-state index is 0.428. The fourth-order valence-corrected chi connectivity index (χ4v) is 1.99. The van der Waals surface area contributed by atoms with Crippen LogP contribution in [0.25, 0.3) is 16.6 Å². The fraction of sp³-hybridized carbons (Fsp3) is 0.154. The second kappa shape index (κ2) is 4.74. The van der Waals surface area contributed by atoms with Gasteiger partial charge in [-0.1, -0.05) is 6.07 Å². The average molecular weight is 273 g/mol. The van der Waals surface area contributed by atoms with E-state index < -0.39 is 13.0 Å². The van der Waals surface area contributed by atoms with Crippen LogP contribution in [0.2, 0.25) is 0 Å². The van der Waals surface area contributed by atoms with Gasteiger partial charge in [0.1, 0.15) is 12.6 Å². The number of nitriles is 1. The number of pyridine rings is 1. The number of halogens is 2. The highest BCUT2D eigenvalue weighted by Crippen LogP contribution is 2.20. The molecule has 5 nitrogen and oxygen atoms in total. The highest BCUT2D eigenvalue weighted by molar-refractivity contribution is 5.67. The quantitative estimate of drug-likeness (QED) is 0.736. The molecule has 100 valence electrons. The van der Waals surface area contributed by atoms with Crippen molar-refractivity contribution in [2.45, 2.75) is 13.0 Å². The smallest absolute Gasteiger partial charge is 0.257 e. The summed E-state index contributed by atoms with van der Waals surface area (Å²) in [7, 11) is 0. The van der Waals surface area contributed by atoms with Gasteiger partial charge in [0.2, 0.25) is 0 Å². The second-order valence-electron chi connectivity index (χ2n) is 4.26. The molecule has 0 bridgehead atoms. The van der Waals surface area contributed by atoms with Crippen molar-refractivity contribution in [3.8, 4) is 17.2 Å². The highest BCUT2D eigenvalue weighted by Gasteiger charge is 2.09. The summed E-state index contributed by atoms with van der Waals surface area (Å²) in [4.78, 5) is 0. The molecule has 0 spiro atoms. The van der Waals surface area contributed by atoms with Crippen molar-refractivity contribution < 1.29 is 8.78 Å². The molecule has 0 aliphatic rings. The van der Waals surface area contributed by atoms with E-state index in [4.69, 9.17) is 5.26 Å². The lowest BCUT2D eigenvalue weighted by Gasteiger charge is -2.00. The van der Waals surface area contributed by atoms with Gasteiger partial charge in [-0.05, 0) is 6.07 Å². The summed E-state index contributed by atoms with van der Waals surface area (Å²) in [6.07, 6.45) is 3.87. The third-order valence-corrected chi connectivity index (χ3v) is 2.93. The van der Waals surface area contributed by atoms with Crippen molar-refractivity contribution in [3.05, 3.63) is 42.5 Å². The van der Waals surface area contributed by atoms with E-state index in [0.717, 1.165) is 11.1 Å². The predicted molar refractivity (Wildman–Crippen MR) is 67.1 cm³/mol. The first-order valence-electron chi connectivity index (χ1n) is 5.86. The molecule has 7 heteroatoms. The third-order valence-electron chi connectivity index (χ3n) is 2.93. The van der Waals surface area contributed by atoms with E-state index in [0.29, 0.717) is 11.1 Å². The summed E-state index contributed by atoms with van der Waals surface area (Å²) in [6, 6.07) is 5.63. The molecule has 0 fully saturated rings. The summed E-state index contributed by atoms with van der Waals surface area (Å²) in [5.41, 5.74) is 2.72. The van der Waals surface area contributed by atoms with Crippen LogP contribution >= 0.6 is 0 Å². The van der Waals surface area contributed by atoms with Crippen LogP contribution in [0.5, 0.6) is 0 Å². The first-order chi connectivity index (χ1) is 9.67. The average Bonchev–Trinajstić information content (AvgIpc) is 3.03. The number of nitrogens with zero attached hydrogens (tertiary/aromatic N) is 5. The normalized spacial score (nSPS) is 11.1. The minimum atomic E-state index is -2.44. The van der Waals surface area contributed by atoms with Crippen LogP contribution in [0.3, 0.4) is 0 Å². The van der Waals surface area contributed by atoms with E-state index >= 15 is 0 Å². The van der Waals surface area contributed by atoms with Crippen molar-refractivity contribution in [1.29, 1.82) is 5.26 Å². The number of rotatable bonds is 3. The molecular weight excluding hydrogens is 264 g/mol. The summed E-state index contributed by atoms with van der Waals surface area (Å²) in [5, 5.41) is 16.9. The molecule has 0 amide bonds. The zero-order valence-electron chi connectivity index (χ0n) is 10.2. The molecule has 3 aromatic rings. The maximum atomic E-state index is 12.3. The van der Waals surface area contributed by atoms with E-state index in [1.54, 1.807) is 23.0 Å². The molecule has 0 aliphatic heterocycles. The molecule has 0 saturated carbocycles. The number of aromatic nitrogens is 4. The first-order valence-corrected chi connectivity index (χ1v) is 5.86. The third kappa shape index (κ3) is 2.12. The Labute approximate surface area is 112 Å². The van der Waals surface area contributed by atoms with Gasteiger partial charge in [0.05, 0.1) is 23.5 Å². The van der Waals surface area contributed by atoms with Gasteiger partial charge in [-0.2, -0.15) is 15.5 Å². The van der Waals surface area contributed by atoms with E-state index in [1.807, 2.05) is 6.07 Å². The zero-order valence-corrected chi connectivity index (χ0v) is 10.2. The summed E-state index contributed by atoms with van der Waals surface area (Å²) in [6.45, 7) is -0.428. The number of hydrogen-bond donors (Lipinski definition) is 0. The van der Waals surface area contributed by atoms with Gasteiger partial charge in [-0.15, -0.1) is 0 Å². The maximum absolute atomic E-state index is 12.3. The van der Waals surface area contributed by atoms with Gasteiger partial charge in [0.25, 0.3) is 6.43 Å². The molecular formula is C13H9F2N5. The largest absolute Gasteiger partial charge is 0.266 e. The lowest BCUT2D eigenvalue weighted by Crippen LogP contribution is -2.06. The Kier molecular flexibility index (Phi) is 2.91. The minimum Gasteiger partial charge on any atom is -0.266 e. The van der Waals surface area contributed by atoms with Crippen LogP contribution in [0.15, 0.2) is 36.9 Å². The van der Waals surface area contributed by atoms with E-state index in [-0.39, 0.29) is 0 Å². The van der Waals surface area contributed by atoms with Gasteiger partial charge in [-0.25, -0.2) is 13.3 Å². The Hall–Kier alpha value is -2.75. The zero-order chi connectivity index (χ0) is 14.1. The predicted octanol–water partition coefficient (Wildman–Crippen LogP) is 2.33. The molecule has 3 heterocycles. The first kappa shape index (κ1) is 12.3. The molecule has 0 aliphatic carbocycles. The summed E-state index contributed by atoms with van der Waals surface area (Å²) in [5.74, 6) is 0. The van der Waals surface area contributed by atoms with Crippen molar-refractivity contribution in [3.63, 3.8) is 0 Å². The van der Waals surface area contributed by atoms with Gasteiger partial charge in [0.15, 0.2) is 0 Å². The van der Waals surface area contributed by atoms with Crippen molar-refractivity contribution in [1.82, 2.24) is 19.4 Å². The van der Waals surface area contributed by atoms with Crippen LogP contribution in [0, 0.1) is 11.3 Å². The second-order valence-corrected chi connectivity index (χ2v) is 4.26. The highest BCUT2D eigenvalue weighted by atomic mass is 19.3. The van der Waals surface area contributed by atoms with Crippen LogP contribution in [-0.2, 0) is 6.54 Å². The number of fused-ring (bicyclic) bond motifs is 1. The Morgan fingerprint density at radius 2 is 2.00 bits per heavy atom. The Morgan fingerprint density at radius 1 is 1.15 bits per heavy atom. The Bertz CT molecular complexity index is 797. The van der Waals surface area contributed by atoms with E-state index in [2.05, 4.69) is 16.3 Å². The van der Waals surface area contributed by atoms with E-state index in [9.17, 15) is 8.78 Å². The van der Waals surface area contributed by atoms with Crippen molar-refractivity contribution >= 4 is 5.52 Å². The lowest BCUT2D eigenvalue weighted by molar-refractivity contribution is 0.122. The summed E-state index contributed by atoms with van der Waals surface area (Å²) < 4.78 is 27.3. The van der Waals surface area contributed by atoms with Gasteiger partial charge < -0.3 is 0 Å². The number of hydrogen-bond acceptors (Lipinski definition) is 3. The fourth-order valence-electron chi connectivity index (χ4n) is 1.99. The molecule has 0 aromatic carbocycles. The monoisotopic (exact) mass is 273 g/mol. The topological polar surface area (TPSA) is 58.9 Å². The molecule has 3 aromatic heterocycles. The van der Waals surface area contributed by atoms with Gasteiger partial charge >= 0.3 is 0 Å². The van der Waals surface area contributed by atoms with E-state index in [1.165, 1.54) is 17.1 Å². The molecule has 0 N–H and O–H groups in total.